The molecule has 0 aliphatic heterocycles. The average Bonchev–Trinajstić information content (AvgIpc) is 3.11. The van der Waals surface area contributed by atoms with Gasteiger partial charge in [-0.3, -0.25) is 0 Å². The standard InChI is InChI=1S/C22H17PS2/c24-23(19-9-3-1-4-10-19,20-11-5-2-6-12-20)16-15-18-17-25-22-14-8-7-13-21(18)22/h1-17H/b16-15+. The van der Waals surface area contributed by atoms with Crippen LogP contribution in [0.4, 0.5) is 0 Å². The Hall–Kier alpha value is -1.99. The molecule has 1 aromatic heterocycles. The molecule has 0 saturated carbocycles. The van der Waals surface area contributed by atoms with E-state index in [1.165, 1.54) is 26.3 Å². The van der Waals surface area contributed by atoms with Crippen LogP contribution in [-0.2, 0) is 11.8 Å². The van der Waals surface area contributed by atoms with Gasteiger partial charge in [0.25, 0.3) is 0 Å². The zero-order valence-electron chi connectivity index (χ0n) is 13.6. The van der Waals surface area contributed by atoms with Crippen LogP contribution in [0.3, 0.4) is 0 Å². The second kappa shape index (κ2) is 7.09. The highest BCUT2D eigenvalue weighted by Crippen LogP contribution is 2.46. The lowest BCUT2D eigenvalue weighted by Crippen LogP contribution is -2.13. The molecule has 0 N–H and O–H groups in total. The van der Waals surface area contributed by atoms with Crippen LogP contribution in [0.1, 0.15) is 5.56 Å². The molecule has 0 atom stereocenters. The molecule has 0 saturated heterocycles. The molecule has 0 bridgehead atoms. The lowest BCUT2D eigenvalue weighted by Gasteiger charge is -2.19. The normalized spacial score (nSPS) is 12.0. The van der Waals surface area contributed by atoms with Crippen molar-refractivity contribution < 1.29 is 0 Å². The molecule has 0 amide bonds. The molecule has 0 spiro atoms. The van der Waals surface area contributed by atoms with E-state index in [1.54, 1.807) is 11.3 Å². The fourth-order valence-electron chi connectivity index (χ4n) is 2.93. The first-order chi connectivity index (χ1) is 12.3. The van der Waals surface area contributed by atoms with Gasteiger partial charge in [0.15, 0.2) is 0 Å². The fourth-order valence-corrected chi connectivity index (χ4v) is 7.02. The van der Waals surface area contributed by atoms with E-state index in [9.17, 15) is 0 Å². The summed E-state index contributed by atoms with van der Waals surface area (Å²) in [7, 11) is 0. The summed E-state index contributed by atoms with van der Waals surface area (Å²) in [6.07, 6.45) is 2.22. The van der Waals surface area contributed by atoms with Crippen molar-refractivity contribution in [3.05, 3.63) is 102 Å². The largest absolute Gasteiger partial charge is 0.143 e. The SMILES string of the molecule is S=P(/C=C/c1csc2ccccc12)(c1ccccc1)c1ccccc1. The van der Waals surface area contributed by atoms with E-state index >= 15 is 0 Å². The van der Waals surface area contributed by atoms with Gasteiger partial charge in [-0.05, 0) is 38.8 Å². The summed E-state index contributed by atoms with van der Waals surface area (Å²) in [5.41, 5.74) is 1.25. The van der Waals surface area contributed by atoms with E-state index in [4.69, 9.17) is 11.8 Å². The van der Waals surface area contributed by atoms with E-state index < -0.39 is 6.04 Å². The Bertz CT molecular complexity index is 1020. The van der Waals surface area contributed by atoms with Gasteiger partial charge in [0, 0.05) is 10.7 Å². The van der Waals surface area contributed by atoms with Crippen molar-refractivity contribution in [3.8, 4) is 0 Å². The van der Waals surface area contributed by atoms with Gasteiger partial charge in [-0.2, -0.15) is 0 Å². The van der Waals surface area contributed by atoms with Crippen molar-refractivity contribution in [2.75, 3.05) is 0 Å². The summed E-state index contributed by atoms with van der Waals surface area (Å²) in [6, 6.07) is 27.6. The molecule has 1 heterocycles. The molecule has 0 aliphatic rings. The first-order valence-corrected chi connectivity index (χ1v) is 11.9. The van der Waals surface area contributed by atoms with Crippen molar-refractivity contribution in [1.82, 2.24) is 0 Å². The Morgan fingerprint density at radius 2 is 1.28 bits per heavy atom. The highest BCUT2D eigenvalue weighted by Gasteiger charge is 2.18. The van der Waals surface area contributed by atoms with Gasteiger partial charge in [0.1, 0.15) is 0 Å². The number of benzene rings is 3. The number of thiophene rings is 1. The van der Waals surface area contributed by atoms with Gasteiger partial charge in [-0.15, -0.1) is 11.3 Å². The number of hydrogen-bond acceptors (Lipinski definition) is 2. The van der Waals surface area contributed by atoms with Crippen LogP contribution in [0.15, 0.2) is 96.1 Å². The van der Waals surface area contributed by atoms with Gasteiger partial charge in [-0.1, -0.05) is 96.7 Å². The van der Waals surface area contributed by atoms with Gasteiger partial charge in [0.05, 0.1) is 0 Å². The molecule has 3 heteroatoms. The molecule has 0 fully saturated rings. The molecule has 0 aliphatic carbocycles. The Labute approximate surface area is 157 Å². The summed E-state index contributed by atoms with van der Waals surface area (Å²) in [4.78, 5) is 0. The summed E-state index contributed by atoms with van der Waals surface area (Å²) >= 11 is 8.04. The minimum absolute atomic E-state index is 1.23. The predicted octanol–water partition coefficient (Wildman–Crippen LogP) is 6.00. The van der Waals surface area contributed by atoms with Gasteiger partial charge in [0.2, 0.25) is 0 Å². The first kappa shape index (κ1) is 16.5. The zero-order valence-corrected chi connectivity index (χ0v) is 16.1. The highest BCUT2D eigenvalue weighted by molar-refractivity contribution is 8.23. The second-order valence-electron chi connectivity index (χ2n) is 5.83. The number of fused-ring (bicyclic) bond motifs is 1. The van der Waals surface area contributed by atoms with E-state index in [2.05, 4.69) is 90.1 Å². The van der Waals surface area contributed by atoms with E-state index in [1.807, 2.05) is 12.1 Å². The van der Waals surface area contributed by atoms with Crippen LogP contribution in [0.25, 0.3) is 16.2 Å². The maximum Gasteiger partial charge on any atom is 0.0348 e. The monoisotopic (exact) mass is 376 g/mol. The molecule has 122 valence electrons. The van der Waals surface area contributed by atoms with Crippen molar-refractivity contribution in [2.45, 2.75) is 0 Å². The van der Waals surface area contributed by atoms with Crippen LogP contribution in [0.2, 0.25) is 0 Å². The minimum atomic E-state index is -1.99. The minimum Gasteiger partial charge on any atom is -0.143 e. The van der Waals surface area contributed by atoms with E-state index in [-0.39, 0.29) is 0 Å². The lowest BCUT2D eigenvalue weighted by molar-refractivity contribution is 1.75. The molecule has 4 rings (SSSR count). The highest BCUT2D eigenvalue weighted by atomic mass is 32.4. The Balaban J connectivity index is 1.84. The topological polar surface area (TPSA) is 0 Å². The number of hydrogen-bond donors (Lipinski definition) is 0. The Morgan fingerprint density at radius 3 is 1.92 bits per heavy atom. The van der Waals surface area contributed by atoms with Gasteiger partial charge < -0.3 is 0 Å². The quantitative estimate of drug-likeness (QED) is 0.394. The van der Waals surface area contributed by atoms with Crippen LogP contribution in [0.5, 0.6) is 0 Å². The molecule has 4 aromatic rings. The first-order valence-electron chi connectivity index (χ1n) is 8.14. The maximum absolute atomic E-state index is 6.26. The van der Waals surface area contributed by atoms with Crippen LogP contribution in [-0.4, -0.2) is 0 Å². The third-order valence-electron chi connectivity index (χ3n) is 4.25. The van der Waals surface area contributed by atoms with Crippen LogP contribution >= 0.6 is 17.4 Å². The summed E-state index contributed by atoms with van der Waals surface area (Å²) in [6.45, 7) is 0. The molecule has 0 unspecified atom stereocenters. The molecule has 3 aromatic carbocycles. The third-order valence-corrected chi connectivity index (χ3v) is 9.57. The second-order valence-corrected chi connectivity index (χ2v) is 11.1. The molecule has 25 heavy (non-hydrogen) atoms. The van der Waals surface area contributed by atoms with Gasteiger partial charge >= 0.3 is 0 Å². The van der Waals surface area contributed by atoms with E-state index in [0.29, 0.717) is 0 Å². The number of rotatable bonds is 4. The fraction of sp³-hybridized carbons (Fsp3) is 0. The van der Waals surface area contributed by atoms with Crippen LogP contribution in [0, 0.1) is 0 Å². The molecule has 0 nitrogen and oxygen atoms in total. The van der Waals surface area contributed by atoms with Crippen LogP contribution < -0.4 is 10.6 Å². The van der Waals surface area contributed by atoms with Crippen molar-refractivity contribution in [1.29, 1.82) is 0 Å². The smallest absolute Gasteiger partial charge is 0.0348 e. The summed E-state index contributed by atoms with van der Waals surface area (Å²) < 4.78 is 1.31. The maximum atomic E-state index is 6.26. The molecular formula is C22H17PS2. The van der Waals surface area contributed by atoms with Crippen molar-refractivity contribution >= 4 is 56.0 Å². The zero-order chi connectivity index (χ0) is 17.1. The van der Waals surface area contributed by atoms with Crippen molar-refractivity contribution in [3.63, 3.8) is 0 Å². The molecule has 0 radical (unpaired) electrons. The predicted molar refractivity (Wildman–Crippen MR) is 117 cm³/mol. The molecular weight excluding hydrogens is 359 g/mol. The summed E-state index contributed by atoms with van der Waals surface area (Å²) in [5.74, 6) is 2.27. The van der Waals surface area contributed by atoms with Crippen molar-refractivity contribution in [2.24, 2.45) is 0 Å². The Kier molecular flexibility index (Phi) is 4.67. The average molecular weight is 376 g/mol. The third kappa shape index (κ3) is 3.26. The Morgan fingerprint density at radius 1 is 0.720 bits per heavy atom. The van der Waals surface area contributed by atoms with Gasteiger partial charge in [-0.25, -0.2) is 0 Å². The summed E-state index contributed by atoms with van der Waals surface area (Å²) in [5, 5.41) is 5.97. The lowest BCUT2D eigenvalue weighted by atomic mass is 10.2. The van der Waals surface area contributed by atoms with E-state index in [0.717, 1.165) is 0 Å².